The Kier molecular flexibility index (Phi) is 10.6. The van der Waals surface area contributed by atoms with E-state index >= 15 is 0 Å². The van der Waals surface area contributed by atoms with Gasteiger partial charge in [-0.3, -0.25) is 0 Å². The quantitative estimate of drug-likeness (QED) is 0.114. The maximum atomic E-state index is 5.18. The summed E-state index contributed by atoms with van der Waals surface area (Å²) in [6.07, 6.45) is 15.8. The number of aliphatic imine (C=N–C) groups is 3. The van der Waals surface area contributed by atoms with Crippen molar-refractivity contribution < 1.29 is 0 Å². The number of hydrogen-bond acceptors (Lipinski definition) is 1. The Labute approximate surface area is 306 Å². The van der Waals surface area contributed by atoms with Gasteiger partial charge in [-0.2, -0.15) is 0 Å². The third kappa shape index (κ3) is 7.12. The molecule has 1 aliphatic carbocycles. The summed E-state index contributed by atoms with van der Waals surface area (Å²) >= 11 is 0. The highest BCUT2D eigenvalue weighted by molar-refractivity contribution is 6.13. The second kappa shape index (κ2) is 16.1. The smallest absolute Gasteiger partial charge is 0.160 e. The zero-order chi connectivity index (χ0) is 35.7. The summed E-state index contributed by atoms with van der Waals surface area (Å²) in [5.74, 6) is 1.27. The zero-order valence-corrected chi connectivity index (χ0v) is 29.9. The normalized spacial score (nSPS) is 13.5. The number of benzene rings is 5. The van der Waals surface area contributed by atoms with Crippen LogP contribution in [0.15, 0.2) is 178 Å². The number of para-hydroxylation sites is 3. The lowest BCUT2D eigenvalue weighted by Gasteiger charge is -2.12. The molecule has 5 nitrogen and oxygen atoms in total. The van der Waals surface area contributed by atoms with E-state index in [4.69, 9.17) is 9.98 Å². The molecule has 52 heavy (non-hydrogen) atoms. The molecule has 0 spiro atoms. The topological polar surface area (TPSA) is 46.9 Å². The van der Waals surface area contributed by atoms with E-state index in [2.05, 4.69) is 154 Å². The first-order chi connectivity index (χ1) is 25.8. The molecule has 0 saturated heterocycles. The van der Waals surface area contributed by atoms with E-state index in [0.29, 0.717) is 18.3 Å². The number of amidine groups is 2. The van der Waals surface area contributed by atoms with Crippen LogP contribution < -0.4 is 0 Å². The highest BCUT2D eigenvalue weighted by Gasteiger charge is 2.14. The van der Waals surface area contributed by atoms with Crippen molar-refractivity contribution in [3.8, 4) is 5.69 Å². The Morgan fingerprint density at radius 1 is 0.731 bits per heavy atom. The van der Waals surface area contributed by atoms with Gasteiger partial charge in [0.05, 0.1) is 16.6 Å². The van der Waals surface area contributed by atoms with Gasteiger partial charge >= 0.3 is 0 Å². The molecular weight excluding hydrogens is 635 g/mol. The average molecular weight is 678 g/mol. The lowest BCUT2D eigenvalue weighted by Crippen LogP contribution is -2.09. The van der Waals surface area contributed by atoms with Crippen molar-refractivity contribution in [3.05, 3.63) is 180 Å². The number of fused-ring (bicyclic) bond motifs is 4. The van der Waals surface area contributed by atoms with Crippen molar-refractivity contribution in [3.63, 3.8) is 0 Å². The monoisotopic (exact) mass is 677 g/mol. The molecule has 2 aromatic heterocycles. The molecule has 0 aliphatic heterocycles. The van der Waals surface area contributed by atoms with Crippen molar-refractivity contribution in [1.82, 2.24) is 9.13 Å². The molecule has 0 unspecified atom stereocenters. The second-order valence-corrected chi connectivity index (χ2v) is 12.5. The van der Waals surface area contributed by atoms with Crippen LogP contribution >= 0.6 is 0 Å². The van der Waals surface area contributed by atoms with Gasteiger partial charge < -0.3 is 9.13 Å². The number of rotatable bonds is 8. The summed E-state index contributed by atoms with van der Waals surface area (Å²) in [6.45, 7) is 8.26. The molecule has 7 aromatic rings. The minimum atomic E-state index is 0.432. The average Bonchev–Trinajstić information content (AvgIpc) is 3.75. The van der Waals surface area contributed by atoms with Crippen molar-refractivity contribution in [2.75, 3.05) is 0 Å². The predicted molar refractivity (Wildman–Crippen MR) is 223 cm³/mol. The van der Waals surface area contributed by atoms with E-state index in [1.807, 2.05) is 44.2 Å². The van der Waals surface area contributed by atoms with Gasteiger partial charge in [0.15, 0.2) is 11.7 Å². The van der Waals surface area contributed by atoms with E-state index in [1.165, 1.54) is 32.8 Å². The van der Waals surface area contributed by atoms with Gasteiger partial charge in [-0.05, 0) is 67.4 Å². The van der Waals surface area contributed by atoms with E-state index in [1.54, 1.807) is 0 Å². The molecule has 0 amide bonds. The van der Waals surface area contributed by atoms with E-state index in [0.717, 1.165) is 47.1 Å². The highest BCUT2D eigenvalue weighted by Crippen LogP contribution is 2.31. The third-order valence-corrected chi connectivity index (χ3v) is 9.32. The molecule has 5 aromatic carbocycles. The molecule has 0 bridgehead atoms. The number of aromatic nitrogens is 2. The summed E-state index contributed by atoms with van der Waals surface area (Å²) in [4.78, 5) is 14.5. The molecular formula is C47H43N5. The van der Waals surface area contributed by atoms with Gasteiger partial charge in [-0.1, -0.05) is 141 Å². The first kappa shape index (κ1) is 34.1. The van der Waals surface area contributed by atoms with Gasteiger partial charge in [-0.15, -0.1) is 0 Å². The molecule has 0 saturated carbocycles. The van der Waals surface area contributed by atoms with Crippen LogP contribution in [-0.4, -0.2) is 27.5 Å². The number of hydrogen-bond donors (Lipinski definition) is 0. The summed E-state index contributed by atoms with van der Waals surface area (Å²) in [5, 5.41) is 3.68. The summed E-state index contributed by atoms with van der Waals surface area (Å²) in [5.41, 5.74) is 9.14. The van der Waals surface area contributed by atoms with E-state index in [-0.39, 0.29) is 0 Å². The first-order valence-corrected chi connectivity index (χ1v) is 18.1. The Morgan fingerprint density at radius 2 is 1.42 bits per heavy atom. The van der Waals surface area contributed by atoms with Gasteiger partial charge in [-0.25, -0.2) is 15.0 Å². The highest BCUT2D eigenvalue weighted by atomic mass is 15.1. The predicted octanol–water partition coefficient (Wildman–Crippen LogP) is 11.8. The van der Waals surface area contributed by atoms with Crippen LogP contribution in [0.5, 0.6) is 0 Å². The van der Waals surface area contributed by atoms with Crippen LogP contribution in [-0.2, 0) is 13.1 Å². The van der Waals surface area contributed by atoms with Crippen LogP contribution in [0.25, 0.3) is 44.5 Å². The maximum Gasteiger partial charge on any atom is 0.160 e. The van der Waals surface area contributed by atoms with Crippen molar-refractivity contribution in [1.29, 1.82) is 0 Å². The number of nitrogens with zero attached hydrogens (tertiary/aromatic N) is 5. The summed E-state index contributed by atoms with van der Waals surface area (Å²) in [6, 6.07) is 44.5. The maximum absolute atomic E-state index is 5.18. The van der Waals surface area contributed by atoms with E-state index in [9.17, 15) is 0 Å². The molecule has 5 heteroatoms. The van der Waals surface area contributed by atoms with Crippen molar-refractivity contribution >= 4 is 57.2 Å². The Bertz CT molecular complexity index is 2490. The molecule has 0 N–H and O–H groups in total. The van der Waals surface area contributed by atoms with Gasteiger partial charge in [0.1, 0.15) is 6.67 Å². The minimum Gasteiger partial charge on any atom is -0.320 e. The first-order valence-electron chi connectivity index (χ1n) is 18.1. The molecule has 2 heterocycles. The standard InChI is InChI=1S/C45H37N5.C2H6/c1-46-44(34-17-5-2-6-18-34)48-45(35-19-7-3-8-20-35)47-32-50-42-27-14-12-25-39(42)40-29-28-33(30-43(40)50)16-15-21-36-31-49(37-22-9-4-10-23-37)41-26-13-11-24-38(36)41;1-2/h2-7,9-15,17-19,21-31H,1,8,16,20,32H2;1-2H3/b21-15-,47-45-,48-44?;. The Balaban J connectivity index is 0.00000207. The third-order valence-electron chi connectivity index (χ3n) is 9.32. The zero-order valence-electron chi connectivity index (χ0n) is 29.9. The van der Waals surface area contributed by atoms with Crippen LogP contribution in [0, 0.1) is 0 Å². The SMILES string of the molecule is C=NC(=N/C(=N\Cn1c2ccccc2c2ccc(C/C=C\c3cn(-c4ccccc4)c4ccccc34)cc21)C1=CC=CCC1)c1ccccc1.CC. The van der Waals surface area contributed by atoms with Crippen LogP contribution in [0.2, 0.25) is 0 Å². The lowest BCUT2D eigenvalue weighted by molar-refractivity contribution is 0.788. The van der Waals surface area contributed by atoms with Gasteiger partial charge in [0.25, 0.3) is 0 Å². The molecule has 8 rings (SSSR count). The second-order valence-electron chi connectivity index (χ2n) is 12.5. The molecule has 0 atom stereocenters. The molecule has 0 radical (unpaired) electrons. The summed E-state index contributed by atoms with van der Waals surface area (Å²) < 4.78 is 4.58. The number of allylic oxidation sites excluding steroid dienone is 4. The van der Waals surface area contributed by atoms with Crippen LogP contribution in [0.1, 0.15) is 43.4 Å². The minimum absolute atomic E-state index is 0.432. The van der Waals surface area contributed by atoms with Gasteiger partial charge in [0.2, 0.25) is 0 Å². The van der Waals surface area contributed by atoms with Crippen molar-refractivity contribution in [2.24, 2.45) is 15.0 Å². The fraction of sp³-hybridized carbons (Fsp3) is 0.128. The van der Waals surface area contributed by atoms with Crippen LogP contribution in [0.3, 0.4) is 0 Å². The molecule has 256 valence electrons. The Morgan fingerprint density at radius 3 is 2.17 bits per heavy atom. The van der Waals surface area contributed by atoms with Crippen LogP contribution in [0.4, 0.5) is 0 Å². The fourth-order valence-electron chi connectivity index (χ4n) is 6.85. The van der Waals surface area contributed by atoms with Gasteiger partial charge in [0, 0.05) is 39.2 Å². The molecule has 1 aliphatic rings. The lowest BCUT2D eigenvalue weighted by atomic mass is 10.0. The van der Waals surface area contributed by atoms with Crippen molar-refractivity contribution in [2.45, 2.75) is 39.8 Å². The molecule has 0 fully saturated rings. The Hall–Kier alpha value is -6.33. The fourth-order valence-corrected chi connectivity index (χ4v) is 6.85. The van der Waals surface area contributed by atoms with E-state index < -0.39 is 0 Å². The largest absolute Gasteiger partial charge is 0.320 e. The summed E-state index contributed by atoms with van der Waals surface area (Å²) in [7, 11) is 0.